The number of carbonyl (C=O) groups is 1. The Balaban J connectivity index is 3.75. The molecule has 8 heteroatoms. The van der Waals surface area contributed by atoms with Crippen LogP contribution in [-0.2, 0) is 28.5 Å². The summed E-state index contributed by atoms with van der Waals surface area (Å²) in [5.74, 6) is -0.146. The van der Waals surface area contributed by atoms with Crippen molar-refractivity contribution in [3.63, 3.8) is 0 Å². The van der Waals surface area contributed by atoms with Crippen LogP contribution >= 0.6 is 0 Å². The summed E-state index contributed by atoms with van der Waals surface area (Å²) in [5.41, 5.74) is 0. The number of ether oxygens (including phenoxy) is 5. The molecule has 8 nitrogen and oxygen atoms in total. The van der Waals surface area contributed by atoms with E-state index in [1.165, 1.54) is 64.2 Å². The van der Waals surface area contributed by atoms with Crippen molar-refractivity contribution in [3.8, 4) is 0 Å². The number of aliphatic hydroxyl groups excluding tert-OH is 1. The third kappa shape index (κ3) is 29.8. The van der Waals surface area contributed by atoms with Crippen LogP contribution in [0.4, 0.5) is 0 Å². The van der Waals surface area contributed by atoms with E-state index >= 15 is 0 Å². The lowest BCUT2D eigenvalue weighted by atomic mass is 10.0. The summed E-state index contributed by atoms with van der Waals surface area (Å²) in [6, 6.07) is 0. The first kappa shape index (κ1) is 37.2. The first-order chi connectivity index (χ1) is 18.7. The Hall–Kier alpha value is -0.770. The van der Waals surface area contributed by atoms with Crippen molar-refractivity contribution in [2.24, 2.45) is 0 Å². The minimum absolute atomic E-state index is 0.0523. The Morgan fingerprint density at radius 1 is 0.605 bits per heavy atom. The largest absolute Gasteiger partial charge is 0.462 e. The summed E-state index contributed by atoms with van der Waals surface area (Å²) < 4.78 is 27.7. The molecule has 0 atom stereocenters. The Labute approximate surface area is 233 Å². The SMILES string of the molecule is CCCCCCCCC(CCCCCCCC)OC(=O)CCOCCOCCOCCOCCNCCO. The maximum absolute atomic E-state index is 12.4. The number of hydrogen-bond donors (Lipinski definition) is 2. The van der Waals surface area contributed by atoms with Crippen LogP contribution in [-0.4, -0.2) is 89.7 Å². The molecule has 0 aliphatic rings. The molecule has 0 aromatic carbocycles. The van der Waals surface area contributed by atoms with Gasteiger partial charge in [0, 0.05) is 13.1 Å². The number of aliphatic hydroxyl groups is 1. The van der Waals surface area contributed by atoms with Crippen LogP contribution in [0.1, 0.15) is 110 Å². The van der Waals surface area contributed by atoms with E-state index in [0.29, 0.717) is 65.8 Å². The van der Waals surface area contributed by atoms with Gasteiger partial charge in [0.1, 0.15) is 6.10 Å². The molecule has 0 bridgehead atoms. The van der Waals surface area contributed by atoms with E-state index in [2.05, 4.69) is 19.2 Å². The zero-order chi connectivity index (χ0) is 27.8. The van der Waals surface area contributed by atoms with Gasteiger partial charge in [-0.05, 0) is 25.7 Å². The van der Waals surface area contributed by atoms with Gasteiger partial charge in [-0.3, -0.25) is 4.79 Å². The quantitative estimate of drug-likeness (QED) is 0.0849. The number of unbranched alkanes of at least 4 members (excludes halogenated alkanes) is 10. The molecule has 0 amide bonds. The molecule has 0 aliphatic heterocycles. The van der Waals surface area contributed by atoms with Gasteiger partial charge in [-0.2, -0.15) is 0 Å². The first-order valence-electron chi connectivity index (χ1n) is 15.6. The smallest absolute Gasteiger partial charge is 0.308 e. The van der Waals surface area contributed by atoms with E-state index in [1.54, 1.807) is 0 Å². The normalized spacial score (nSPS) is 11.5. The van der Waals surface area contributed by atoms with Crippen LogP contribution in [0.5, 0.6) is 0 Å². The lowest BCUT2D eigenvalue weighted by molar-refractivity contribution is -0.151. The molecule has 2 N–H and O–H groups in total. The maximum Gasteiger partial charge on any atom is 0.308 e. The molecule has 0 spiro atoms. The monoisotopic (exact) mass is 547 g/mol. The van der Waals surface area contributed by atoms with Gasteiger partial charge in [0.05, 0.1) is 65.9 Å². The van der Waals surface area contributed by atoms with E-state index < -0.39 is 0 Å². The van der Waals surface area contributed by atoms with Crippen molar-refractivity contribution in [1.82, 2.24) is 5.32 Å². The van der Waals surface area contributed by atoms with Crippen molar-refractivity contribution in [1.29, 1.82) is 0 Å². The Bertz CT molecular complexity index is 452. The lowest BCUT2D eigenvalue weighted by Crippen LogP contribution is -2.23. The summed E-state index contributed by atoms with van der Waals surface area (Å²) in [6.07, 6.45) is 17.4. The summed E-state index contributed by atoms with van der Waals surface area (Å²) in [5, 5.41) is 11.7. The van der Waals surface area contributed by atoms with Crippen LogP contribution in [0.2, 0.25) is 0 Å². The number of rotatable bonds is 32. The molecule has 0 rings (SSSR count). The second kappa shape index (κ2) is 32.4. The van der Waals surface area contributed by atoms with Gasteiger partial charge in [-0.25, -0.2) is 0 Å². The highest BCUT2D eigenvalue weighted by Gasteiger charge is 2.14. The highest BCUT2D eigenvalue weighted by atomic mass is 16.6. The third-order valence-electron chi connectivity index (χ3n) is 6.34. The first-order valence-corrected chi connectivity index (χ1v) is 15.6. The van der Waals surface area contributed by atoms with Crippen LogP contribution < -0.4 is 5.32 Å². The van der Waals surface area contributed by atoms with Crippen molar-refractivity contribution in [3.05, 3.63) is 0 Å². The highest BCUT2D eigenvalue weighted by molar-refractivity contribution is 5.69. The molecule has 228 valence electrons. The van der Waals surface area contributed by atoms with Gasteiger partial charge >= 0.3 is 5.97 Å². The topological polar surface area (TPSA) is 95.5 Å². The van der Waals surface area contributed by atoms with E-state index in [1.807, 2.05) is 0 Å². The van der Waals surface area contributed by atoms with Crippen molar-refractivity contribution in [2.45, 2.75) is 116 Å². The summed E-state index contributed by atoms with van der Waals surface area (Å²) >= 11 is 0. The number of hydrogen-bond acceptors (Lipinski definition) is 8. The molecular weight excluding hydrogens is 486 g/mol. The van der Waals surface area contributed by atoms with Crippen molar-refractivity contribution < 1.29 is 33.6 Å². The molecular formula is C30H61NO7. The molecule has 0 aromatic heterocycles. The zero-order valence-corrected chi connectivity index (χ0v) is 24.9. The second-order valence-electron chi connectivity index (χ2n) is 9.90. The predicted molar refractivity (Wildman–Crippen MR) is 154 cm³/mol. The summed E-state index contributed by atoms with van der Waals surface area (Å²) in [6.45, 7) is 9.91. The average Bonchev–Trinajstić information content (AvgIpc) is 2.92. The third-order valence-corrected chi connectivity index (χ3v) is 6.34. The molecule has 0 unspecified atom stereocenters. The predicted octanol–water partition coefficient (Wildman–Crippen LogP) is 5.44. The van der Waals surface area contributed by atoms with Crippen molar-refractivity contribution in [2.75, 3.05) is 72.6 Å². The molecule has 0 aromatic rings. The summed E-state index contributed by atoms with van der Waals surface area (Å²) in [4.78, 5) is 12.4. The minimum atomic E-state index is -0.146. The van der Waals surface area contributed by atoms with Crippen LogP contribution in [0.25, 0.3) is 0 Å². The Kier molecular flexibility index (Phi) is 31.8. The lowest BCUT2D eigenvalue weighted by Gasteiger charge is -2.18. The van der Waals surface area contributed by atoms with Gasteiger partial charge in [-0.1, -0.05) is 78.1 Å². The highest BCUT2D eigenvalue weighted by Crippen LogP contribution is 2.17. The van der Waals surface area contributed by atoms with Gasteiger partial charge in [-0.15, -0.1) is 0 Å². The summed E-state index contributed by atoms with van der Waals surface area (Å²) in [7, 11) is 0. The van der Waals surface area contributed by atoms with Gasteiger partial charge in [0.25, 0.3) is 0 Å². The fraction of sp³-hybridized carbons (Fsp3) is 0.967. The molecule has 0 saturated heterocycles. The number of carbonyl (C=O) groups excluding carboxylic acids is 1. The fourth-order valence-corrected chi connectivity index (χ4v) is 4.08. The minimum Gasteiger partial charge on any atom is -0.462 e. The van der Waals surface area contributed by atoms with Gasteiger partial charge in [0.2, 0.25) is 0 Å². The average molecular weight is 548 g/mol. The molecule has 0 aliphatic carbocycles. The van der Waals surface area contributed by atoms with Crippen LogP contribution in [0, 0.1) is 0 Å². The molecule has 0 radical (unpaired) electrons. The maximum atomic E-state index is 12.4. The number of nitrogens with one attached hydrogen (secondary N) is 1. The standard InChI is InChI=1S/C30H61NO7/c1-3-5-7-9-11-13-15-29(16-14-12-10-8-6-4-2)38-30(33)17-21-34-23-25-36-27-28-37-26-24-35-22-19-31-18-20-32/h29,31-32H,3-28H2,1-2H3. The molecule has 0 fully saturated rings. The van der Waals surface area contributed by atoms with E-state index in [4.69, 9.17) is 28.8 Å². The van der Waals surface area contributed by atoms with E-state index in [0.717, 1.165) is 32.2 Å². The van der Waals surface area contributed by atoms with Crippen molar-refractivity contribution >= 4 is 5.97 Å². The zero-order valence-electron chi connectivity index (χ0n) is 24.9. The second-order valence-corrected chi connectivity index (χ2v) is 9.90. The van der Waals surface area contributed by atoms with E-state index in [-0.39, 0.29) is 18.7 Å². The fourth-order valence-electron chi connectivity index (χ4n) is 4.08. The van der Waals surface area contributed by atoms with Crippen LogP contribution in [0.15, 0.2) is 0 Å². The van der Waals surface area contributed by atoms with Gasteiger partial charge < -0.3 is 34.1 Å². The van der Waals surface area contributed by atoms with Crippen LogP contribution in [0.3, 0.4) is 0 Å². The molecule has 38 heavy (non-hydrogen) atoms. The molecule has 0 saturated carbocycles. The molecule has 0 heterocycles. The van der Waals surface area contributed by atoms with E-state index in [9.17, 15) is 4.79 Å². The Morgan fingerprint density at radius 3 is 1.55 bits per heavy atom. The number of esters is 1. The van der Waals surface area contributed by atoms with Gasteiger partial charge in [0.15, 0.2) is 0 Å². The Morgan fingerprint density at radius 2 is 1.05 bits per heavy atom.